The van der Waals surface area contributed by atoms with Gasteiger partial charge in [-0.05, 0) is 12.8 Å². The lowest BCUT2D eigenvalue weighted by Gasteiger charge is -2.39. The topological polar surface area (TPSA) is 99.4 Å². The van der Waals surface area contributed by atoms with E-state index >= 15 is 0 Å². The van der Waals surface area contributed by atoms with E-state index in [1.165, 1.54) is 0 Å². The Labute approximate surface area is 199 Å². The molecule has 19 heteroatoms. The summed E-state index contributed by atoms with van der Waals surface area (Å²) >= 11 is 0. The summed E-state index contributed by atoms with van der Waals surface area (Å²) in [4.78, 5) is 0. The van der Waals surface area contributed by atoms with Crippen LogP contribution < -0.4 is 0 Å². The molecule has 1 fully saturated rings. The maximum Gasteiger partial charge on any atom is 0.460 e. The molecular formula is C18H23F13O6. The Morgan fingerprint density at radius 2 is 1.08 bits per heavy atom. The molecule has 0 radical (unpaired) electrons. The van der Waals surface area contributed by atoms with Gasteiger partial charge in [-0.2, -0.15) is 57.1 Å². The van der Waals surface area contributed by atoms with Crippen molar-refractivity contribution in [2.24, 2.45) is 0 Å². The first-order chi connectivity index (χ1) is 16.5. The first kappa shape index (κ1) is 33.9. The number of halogens is 13. The summed E-state index contributed by atoms with van der Waals surface area (Å²) in [5, 5.41) is 37.9. The van der Waals surface area contributed by atoms with E-state index in [2.05, 4.69) is 0 Å². The molecule has 1 aliphatic rings. The fourth-order valence-corrected chi connectivity index (χ4v) is 3.17. The van der Waals surface area contributed by atoms with Gasteiger partial charge in [0.1, 0.15) is 24.4 Å². The van der Waals surface area contributed by atoms with Gasteiger partial charge in [-0.1, -0.05) is 12.8 Å². The van der Waals surface area contributed by atoms with Gasteiger partial charge in [-0.25, -0.2) is 0 Å². The quantitative estimate of drug-likeness (QED) is 0.196. The highest BCUT2D eigenvalue weighted by Gasteiger charge is 2.90. The second-order valence-electron chi connectivity index (χ2n) is 8.23. The molecule has 5 atom stereocenters. The number of rotatable bonds is 13. The van der Waals surface area contributed by atoms with Crippen LogP contribution in [0.4, 0.5) is 57.1 Å². The fraction of sp³-hybridized carbons (Fsp3) is 1.00. The number of ether oxygens (including phenoxy) is 2. The summed E-state index contributed by atoms with van der Waals surface area (Å²) in [5.41, 5.74) is 0. The van der Waals surface area contributed by atoms with Crippen molar-refractivity contribution in [2.75, 3.05) is 13.2 Å². The molecule has 0 aromatic carbocycles. The van der Waals surface area contributed by atoms with Crippen molar-refractivity contribution >= 4 is 0 Å². The summed E-state index contributed by atoms with van der Waals surface area (Å²) in [6.07, 6.45) is -19.7. The van der Waals surface area contributed by atoms with E-state index in [4.69, 9.17) is 14.6 Å². The second-order valence-corrected chi connectivity index (χ2v) is 8.23. The van der Waals surface area contributed by atoms with Crippen molar-refractivity contribution in [3.8, 4) is 0 Å². The molecule has 0 unspecified atom stereocenters. The minimum absolute atomic E-state index is 0.108. The summed E-state index contributed by atoms with van der Waals surface area (Å²) in [6, 6.07) is 0. The fourth-order valence-electron chi connectivity index (χ4n) is 3.17. The number of alkyl halides is 13. The van der Waals surface area contributed by atoms with Crippen molar-refractivity contribution in [1.29, 1.82) is 0 Å². The molecule has 37 heavy (non-hydrogen) atoms. The number of unbranched alkanes of at least 4 members (excludes halogenated alkanes) is 3. The molecule has 1 heterocycles. The molecule has 0 aromatic heterocycles. The third-order valence-corrected chi connectivity index (χ3v) is 5.51. The molecule has 1 saturated heterocycles. The van der Waals surface area contributed by atoms with Gasteiger partial charge < -0.3 is 29.9 Å². The van der Waals surface area contributed by atoms with E-state index in [0.717, 1.165) is 0 Å². The molecule has 6 nitrogen and oxygen atoms in total. The molecule has 0 aliphatic carbocycles. The Balaban J connectivity index is 2.65. The van der Waals surface area contributed by atoms with Gasteiger partial charge in [-0.15, -0.1) is 0 Å². The third-order valence-electron chi connectivity index (χ3n) is 5.51. The molecule has 0 spiro atoms. The predicted molar refractivity (Wildman–Crippen MR) is 93.6 cm³/mol. The van der Waals surface area contributed by atoms with E-state index in [-0.39, 0.29) is 19.4 Å². The lowest BCUT2D eigenvalue weighted by atomic mass is 9.91. The van der Waals surface area contributed by atoms with Crippen LogP contribution in [0.5, 0.6) is 0 Å². The van der Waals surface area contributed by atoms with Gasteiger partial charge in [-0.3, -0.25) is 0 Å². The minimum Gasteiger partial charge on any atom is -0.394 e. The molecule has 1 aliphatic heterocycles. The monoisotopic (exact) mass is 582 g/mol. The molecule has 0 saturated carbocycles. The van der Waals surface area contributed by atoms with Crippen LogP contribution in [0.1, 0.15) is 32.1 Å². The van der Waals surface area contributed by atoms with Gasteiger partial charge >= 0.3 is 35.8 Å². The van der Waals surface area contributed by atoms with Crippen LogP contribution >= 0.6 is 0 Å². The van der Waals surface area contributed by atoms with Crippen LogP contribution in [0.25, 0.3) is 0 Å². The molecule has 222 valence electrons. The van der Waals surface area contributed by atoms with E-state index in [0.29, 0.717) is 0 Å². The zero-order valence-corrected chi connectivity index (χ0v) is 18.4. The number of hydrogen-bond donors (Lipinski definition) is 4. The Morgan fingerprint density at radius 3 is 1.57 bits per heavy atom. The van der Waals surface area contributed by atoms with Crippen LogP contribution in [0.3, 0.4) is 0 Å². The first-order valence-corrected chi connectivity index (χ1v) is 10.4. The predicted octanol–water partition coefficient (Wildman–Crippen LogP) is 3.49. The van der Waals surface area contributed by atoms with Crippen molar-refractivity contribution in [1.82, 2.24) is 0 Å². The Bertz CT molecular complexity index is 731. The summed E-state index contributed by atoms with van der Waals surface area (Å²) < 4.78 is 179. The largest absolute Gasteiger partial charge is 0.460 e. The van der Waals surface area contributed by atoms with Crippen LogP contribution in [-0.2, 0) is 9.47 Å². The zero-order chi connectivity index (χ0) is 29.3. The maximum absolute atomic E-state index is 13.7. The van der Waals surface area contributed by atoms with Gasteiger partial charge in [0, 0.05) is 13.0 Å². The van der Waals surface area contributed by atoms with Gasteiger partial charge in [0.15, 0.2) is 6.29 Å². The molecule has 1 rings (SSSR count). The van der Waals surface area contributed by atoms with Crippen molar-refractivity contribution in [3.63, 3.8) is 0 Å². The summed E-state index contributed by atoms with van der Waals surface area (Å²) in [5.74, 6) is -36.9. The second kappa shape index (κ2) is 11.5. The highest BCUT2D eigenvalue weighted by Crippen LogP contribution is 2.60. The van der Waals surface area contributed by atoms with Crippen molar-refractivity contribution < 1.29 is 87.0 Å². The van der Waals surface area contributed by atoms with Crippen LogP contribution in [0, 0.1) is 0 Å². The van der Waals surface area contributed by atoms with Gasteiger partial charge in [0.2, 0.25) is 0 Å². The van der Waals surface area contributed by atoms with Crippen LogP contribution in [-0.4, -0.2) is 100 Å². The molecule has 0 bridgehead atoms. The van der Waals surface area contributed by atoms with Gasteiger partial charge in [0.05, 0.1) is 6.61 Å². The SMILES string of the molecule is OC[C@H]1O[C@@H](OCCCCCCC(F)(F)C(F)(F)C(F)(F)C(F)(F)C(F)(F)C(F)(F)F)[C@H](O)[C@@H](O)[C@H]1O. The lowest BCUT2D eigenvalue weighted by Crippen LogP contribution is -2.70. The molecule has 0 amide bonds. The van der Waals surface area contributed by atoms with E-state index in [9.17, 15) is 72.4 Å². The number of aliphatic hydroxyl groups is 4. The highest BCUT2D eigenvalue weighted by molar-refractivity contribution is 5.10. The number of hydrogen-bond acceptors (Lipinski definition) is 6. The Morgan fingerprint density at radius 1 is 0.595 bits per heavy atom. The minimum atomic E-state index is -7.92. The smallest absolute Gasteiger partial charge is 0.394 e. The van der Waals surface area contributed by atoms with Gasteiger partial charge in [0.25, 0.3) is 0 Å². The van der Waals surface area contributed by atoms with Crippen LogP contribution in [0.15, 0.2) is 0 Å². The summed E-state index contributed by atoms with van der Waals surface area (Å²) in [6.45, 7) is -1.13. The highest BCUT2D eigenvalue weighted by atomic mass is 19.4. The van der Waals surface area contributed by atoms with E-state index in [1.807, 2.05) is 0 Å². The Hall–Kier alpha value is -1.15. The standard InChI is InChI=1S/C18H23F13O6/c19-13(20,14(21,22)15(23,24)16(25,26)17(27,28)18(29,30)31)5-3-1-2-4-6-36-12-11(35)10(34)9(33)8(7-32)37-12/h8-12,32-35H,1-7H2/t8-,9+,10+,11-,12-/m1/s1. The third kappa shape index (κ3) is 6.37. The molecule has 4 N–H and O–H groups in total. The average molecular weight is 582 g/mol. The first-order valence-electron chi connectivity index (χ1n) is 10.4. The normalized spacial score (nSPS) is 27.0. The lowest BCUT2D eigenvalue weighted by molar-refractivity contribution is -0.440. The Kier molecular flexibility index (Phi) is 10.6. The average Bonchev–Trinajstić information content (AvgIpc) is 2.76. The van der Waals surface area contributed by atoms with Crippen LogP contribution in [0.2, 0.25) is 0 Å². The zero-order valence-electron chi connectivity index (χ0n) is 18.4. The van der Waals surface area contributed by atoms with E-state index in [1.54, 1.807) is 0 Å². The number of aliphatic hydroxyl groups excluding tert-OH is 4. The summed E-state index contributed by atoms with van der Waals surface area (Å²) in [7, 11) is 0. The van der Waals surface area contributed by atoms with E-state index < -0.39 is 92.4 Å². The maximum atomic E-state index is 13.7. The van der Waals surface area contributed by atoms with Crippen molar-refractivity contribution in [3.05, 3.63) is 0 Å². The molecular weight excluding hydrogens is 559 g/mol. The van der Waals surface area contributed by atoms with Crippen molar-refractivity contribution in [2.45, 2.75) is 98.6 Å². The molecule has 0 aromatic rings.